The van der Waals surface area contributed by atoms with E-state index >= 15 is 0 Å². The van der Waals surface area contributed by atoms with Crippen LogP contribution in [-0.4, -0.2) is 40.1 Å². The number of hydrogen-bond acceptors (Lipinski definition) is 5. The molecule has 0 aliphatic heterocycles. The van der Waals surface area contributed by atoms with Gasteiger partial charge in [0.25, 0.3) is 5.91 Å². The molecule has 0 unspecified atom stereocenters. The summed E-state index contributed by atoms with van der Waals surface area (Å²) in [5.41, 5.74) is 6.97. The standard InChI is InChI=1S/C14H19N3O2S/c1-8-5-6-16-12-9(8)10(15)11(20-12)13(19)17(4)14(2,3)7-18/h5-6,18H,7,15H2,1-4H3. The van der Waals surface area contributed by atoms with Crippen molar-refractivity contribution < 1.29 is 9.90 Å². The SMILES string of the molecule is Cc1ccnc2sc(C(=O)N(C)C(C)(C)CO)c(N)c12. The maximum absolute atomic E-state index is 12.6. The predicted molar refractivity (Wildman–Crippen MR) is 82.0 cm³/mol. The van der Waals surface area contributed by atoms with Gasteiger partial charge in [-0.05, 0) is 32.4 Å². The number of likely N-dealkylation sites (N-methyl/N-ethyl adjacent to an activating group) is 1. The summed E-state index contributed by atoms with van der Waals surface area (Å²) in [6.07, 6.45) is 1.71. The number of carbonyl (C=O) groups is 1. The van der Waals surface area contributed by atoms with Crippen LogP contribution in [0.4, 0.5) is 5.69 Å². The molecule has 0 aromatic carbocycles. The largest absolute Gasteiger partial charge is 0.397 e. The zero-order valence-corrected chi connectivity index (χ0v) is 12.9. The fraction of sp³-hybridized carbons (Fsp3) is 0.429. The number of aliphatic hydroxyl groups is 1. The molecule has 2 heterocycles. The summed E-state index contributed by atoms with van der Waals surface area (Å²) in [5, 5.41) is 10.2. The topological polar surface area (TPSA) is 79.5 Å². The highest BCUT2D eigenvalue weighted by molar-refractivity contribution is 7.21. The lowest BCUT2D eigenvalue weighted by molar-refractivity contribution is 0.0479. The van der Waals surface area contributed by atoms with Crippen molar-refractivity contribution in [1.82, 2.24) is 9.88 Å². The zero-order valence-electron chi connectivity index (χ0n) is 12.1. The highest BCUT2D eigenvalue weighted by atomic mass is 32.1. The number of anilines is 1. The number of thiophene rings is 1. The van der Waals surface area contributed by atoms with Crippen molar-refractivity contribution in [3.8, 4) is 0 Å². The minimum absolute atomic E-state index is 0.114. The molecule has 2 aromatic rings. The van der Waals surface area contributed by atoms with Crippen molar-refractivity contribution in [2.75, 3.05) is 19.4 Å². The monoisotopic (exact) mass is 293 g/mol. The second kappa shape index (κ2) is 5.03. The molecule has 108 valence electrons. The summed E-state index contributed by atoms with van der Waals surface area (Å²) in [4.78, 5) is 19.6. The fourth-order valence-corrected chi connectivity index (χ4v) is 3.01. The predicted octanol–water partition coefficient (Wildman–Crippen LogP) is 2.03. The Morgan fingerprint density at radius 1 is 1.55 bits per heavy atom. The van der Waals surface area contributed by atoms with Gasteiger partial charge in [0.15, 0.2) is 0 Å². The third-order valence-electron chi connectivity index (χ3n) is 3.63. The van der Waals surface area contributed by atoms with E-state index in [0.29, 0.717) is 10.6 Å². The zero-order chi connectivity index (χ0) is 15.1. The van der Waals surface area contributed by atoms with Crippen molar-refractivity contribution in [3.63, 3.8) is 0 Å². The summed E-state index contributed by atoms with van der Waals surface area (Å²) in [7, 11) is 1.67. The fourth-order valence-electron chi connectivity index (χ4n) is 1.90. The number of aryl methyl sites for hydroxylation is 1. The lowest BCUT2D eigenvalue weighted by Gasteiger charge is -2.33. The number of amides is 1. The van der Waals surface area contributed by atoms with E-state index in [1.54, 1.807) is 27.1 Å². The quantitative estimate of drug-likeness (QED) is 0.907. The summed E-state index contributed by atoms with van der Waals surface area (Å²) >= 11 is 1.29. The van der Waals surface area contributed by atoms with Gasteiger partial charge in [0.2, 0.25) is 0 Å². The molecule has 0 spiro atoms. The van der Waals surface area contributed by atoms with E-state index < -0.39 is 5.54 Å². The van der Waals surface area contributed by atoms with Crippen molar-refractivity contribution >= 4 is 33.1 Å². The number of nitrogens with two attached hydrogens (primary N) is 1. The Hall–Kier alpha value is -1.66. The van der Waals surface area contributed by atoms with Gasteiger partial charge >= 0.3 is 0 Å². The van der Waals surface area contributed by atoms with Crippen molar-refractivity contribution in [2.45, 2.75) is 26.3 Å². The van der Waals surface area contributed by atoms with Gasteiger partial charge in [-0.3, -0.25) is 4.79 Å². The number of nitrogens with zero attached hydrogens (tertiary/aromatic N) is 2. The average molecular weight is 293 g/mol. The highest BCUT2D eigenvalue weighted by Crippen LogP contribution is 2.35. The number of fused-ring (bicyclic) bond motifs is 1. The van der Waals surface area contributed by atoms with Gasteiger partial charge in [0.05, 0.1) is 17.8 Å². The van der Waals surface area contributed by atoms with Crippen LogP contribution < -0.4 is 5.73 Å². The molecule has 0 aliphatic rings. The number of aromatic nitrogens is 1. The minimum Gasteiger partial charge on any atom is -0.397 e. The Balaban J connectivity index is 2.51. The number of rotatable bonds is 3. The number of aliphatic hydroxyl groups excluding tert-OH is 1. The first-order valence-electron chi connectivity index (χ1n) is 6.32. The van der Waals surface area contributed by atoms with Crippen molar-refractivity contribution in [3.05, 3.63) is 22.7 Å². The molecule has 5 nitrogen and oxygen atoms in total. The molecule has 1 amide bonds. The summed E-state index contributed by atoms with van der Waals surface area (Å²) < 4.78 is 0. The molecule has 2 rings (SSSR count). The van der Waals surface area contributed by atoms with Gasteiger partial charge < -0.3 is 15.7 Å². The van der Waals surface area contributed by atoms with Crippen molar-refractivity contribution in [2.24, 2.45) is 0 Å². The smallest absolute Gasteiger partial charge is 0.266 e. The van der Waals surface area contributed by atoms with Crippen LogP contribution in [0.3, 0.4) is 0 Å². The summed E-state index contributed by atoms with van der Waals surface area (Å²) in [6.45, 7) is 5.44. The molecule has 0 aliphatic carbocycles. The number of carbonyl (C=O) groups excluding carboxylic acids is 1. The maximum Gasteiger partial charge on any atom is 0.266 e. The Labute approximate surface area is 122 Å². The van der Waals surface area contributed by atoms with Gasteiger partial charge in [-0.25, -0.2) is 4.98 Å². The van der Waals surface area contributed by atoms with E-state index in [1.165, 1.54) is 16.2 Å². The van der Waals surface area contributed by atoms with Gasteiger partial charge in [-0.15, -0.1) is 11.3 Å². The molecular formula is C14H19N3O2S. The first kappa shape index (κ1) is 14.7. The van der Waals surface area contributed by atoms with Crippen molar-refractivity contribution in [1.29, 1.82) is 0 Å². The lowest BCUT2D eigenvalue weighted by atomic mass is 10.0. The van der Waals surface area contributed by atoms with Gasteiger partial charge in [-0.2, -0.15) is 0 Å². The molecule has 0 fully saturated rings. The van der Waals surface area contributed by atoms with Crippen LogP contribution in [0, 0.1) is 6.92 Å². The molecule has 2 aromatic heterocycles. The molecule has 0 bridgehead atoms. The van der Waals surface area contributed by atoms with E-state index in [2.05, 4.69) is 4.98 Å². The molecule has 6 heteroatoms. The van der Waals surface area contributed by atoms with Crippen LogP contribution in [-0.2, 0) is 0 Å². The molecule has 3 N–H and O–H groups in total. The third-order valence-corrected chi connectivity index (χ3v) is 4.73. The van der Waals surface area contributed by atoms with Gasteiger partial charge in [-0.1, -0.05) is 0 Å². The molecule has 0 atom stereocenters. The molecule has 0 radical (unpaired) electrons. The van der Waals surface area contributed by atoms with E-state index in [0.717, 1.165) is 15.8 Å². The van der Waals surface area contributed by atoms with Crippen LogP contribution in [0.15, 0.2) is 12.3 Å². The van der Waals surface area contributed by atoms with E-state index in [9.17, 15) is 9.90 Å². The Morgan fingerprint density at radius 2 is 2.20 bits per heavy atom. The molecule has 0 saturated carbocycles. The number of nitrogen functional groups attached to an aromatic ring is 1. The van der Waals surface area contributed by atoms with E-state index in [-0.39, 0.29) is 12.5 Å². The Kier molecular flexibility index (Phi) is 3.71. The first-order chi connectivity index (χ1) is 9.29. The number of hydrogen-bond donors (Lipinski definition) is 2. The second-order valence-electron chi connectivity index (χ2n) is 5.49. The summed E-state index contributed by atoms with van der Waals surface area (Å²) in [6, 6.07) is 1.88. The molecule has 20 heavy (non-hydrogen) atoms. The highest BCUT2D eigenvalue weighted by Gasteiger charge is 2.30. The second-order valence-corrected chi connectivity index (χ2v) is 6.49. The Bertz CT molecular complexity index is 664. The minimum atomic E-state index is -0.637. The Morgan fingerprint density at radius 3 is 2.75 bits per heavy atom. The van der Waals surface area contributed by atoms with Crippen LogP contribution >= 0.6 is 11.3 Å². The van der Waals surface area contributed by atoms with Crippen LogP contribution in [0.5, 0.6) is 0 Å². The lowest BCUT2D eigenvalue weighted by Crippen LogP contribution is -2.47. The van der Waals surface area contributed by atoms with Gasteiger partial charge in [0, 0.05) is 18.6 Å². The summed E-state index contributed by atoms with van der Waals surface area (Å²) in [5.74, 6) is -0.191. The number of pyridine rings is 1. The van der Waals surface area contributed by atoms with Crippen LogP contribution in [0.25, 0.3) is 10.2 Å². The normalized spacial score (nSPS) is 11.8. The third kappa shape index (κ3) is 2.25. The molecular weight excluding hydrogens is 274 g/mol. The maximum atomic E-state index is 12.6. The van der Waals surface area contributed by atoms with Crippen LogP contribution in [0.1, 0.15) is 29.1 Å². The molecule has 0 saturated heterocycles. The first-order valence-corrected chi connectivity index (χ1v) is 7.14. The van der Waals surface area contributed by atoms with E-state index in [4.69, 9.17) is 5.73 Å². The average Bonchev–Trinajstić information content (AvgIpc) is 2.75. The van der Waals surface area contributed by atoms with E-state index in [1.807, 2.05) is 13.0 Å². The van der Waals surface area contributed by atoms with Crippen LogP contribution in [0.2, 0.25) is 0 Å². The van der Waals surface area contributed by atoms with Gasteiger partial charge in [0.1, 0.15) is 9.71 Å².